The third-order valence-electron chi connectivity index (χ3n) is 3.28. The van der Waals surface area contributed by atoms with E-state index in [2.05, 4.69) is 15.0 Å². The van der Waals surface area contributed by atoms with Crippen molar-refractivity contribution in [3.63, 3.8) is 0 Å². The number of aryl methyl sites for hydroxylation is 1. The molecule has 0 fully saturated rings. The first kappa shape index (κ1) is 14.1. The molecule has 0 bridgehead atoms. The van der Waals surface area contributed by atoms with E-state index >= 15 is 0 Å². The molecule has 0 saturated carbocycles. The van der Waals surface area contributed by atoms with E-state index in [0.717, 1.165) is 17.0 Å². The monoisotopic (exact) mass is 289 g/mol. The van der Waals surface area contributed by atoms with E-state index in [0.29, 0.717) is 11.4 Å². The van der Waals surface area contributed by atoms with Gasteiger partial charge in [0.2, 0.25) is 0 Å². The third-order valence-corrected chi connectivity index (χ3v) is 3.28. The molecule has 0 aliphatic heterocycles. The van der Waals surface area contributed by atoms with Gasteiger partial charge in [-0.3, -0.25) is 14.8 Å². The van der Waals surface area contributed by atoms with Crippen LogP contribution in [0.4, 0.5) is 0 Å². The average molecular weight is 289 g/mol. The highest BCUT2D eigenvalue weighted by Crippen LogP contribution is 2.14. The molecule has 3 aromatic rings. The number of hydrogen-bond donors (Lipinski definition) is 0. The van der Waals surface area contributed by atoms with Crippen LogP contribution in [0.25, 0.3) is 11.4 Å². The van der Waals surface area contributed by atoms with Crippen LogP contribution in [0.15, 0.2) is 60.9 Å². The van der Waals surface area contributed by atoms with E-state index in [-0.39, 0.29) is 12.2 Å². The third kappa shape index (κ3) is 3.23. The van der Waals surface area contributed by atoms with Crippen molar-refractivity contribution < 1.29 is 4.79 Å². The van der Waals surface area contributed by atoms with Gasteiger partial charge in [-0.15, -0.1) is 0 Å². The van der Waals surface area contributed by atoms with Gasteiger partial charge < -0.3 is 0 Å². The van der Waals surface area contributed by atoms with Gasteiger partial charge in [0.25, 0.3) is 0 Å². The van der Waals surface area contributed by atoms with E-state index in [1.165, 1.54) is 0 Å². The molecule has 0 atom stereocenters. The Balaban J connectivity index is 1.82. The van der Waals surface area contributed by atoms with Gasteiger partial charge in [0.15, 0.2) is 5.78 Å². The van der Waals surface area contributed by atoms with Gasteiger partial charge in [-0.1, -0.05) is 18.2 Å². The van der Waals surface area contributed by atoms with Crippen molar-refractivity contribution in [2.24, 2.45) is 0 Å². The minimum absolute atomic E-state index is 0.0471. The summed E-state index contributed by atoms with van der Waals surface area (Å²) in [5, 5.41) is 0. The summed E-state index contributed by atoms with van der Waals surface area (Å²) in [5.74, 6) is -0.0471. The standard InChI is InChI=1S/C18H15N3O/c1-13-8-9-14(20-12-13)11-18(22)17-7-4-6-16(21-17)15-5-2-3-10-19-15/h2-10,12H,11H2,1H3. The Hall–Kier alpha value is -2.88. The van der Waals surface area contributed by atoms with Gasteiger partial charge in [-0.2, -0.15) is 0 Å². The molecule has 108 valence electrons. The SMILES string of the molecule is Cc1ccc(CC(=O)c2cccc(-c3ccccn3)n2)nc1. The first-order chi connectivity index (χ1) is 10.7. The van der Waals surface area contributed by atoms with Crippen molar-refractivity contribution in [2.45, 2.75) is 13.3 Å². The quantitative estimate of drug-likeness (QED) is 0.692. The number of aromatic nitrogens is 3. The van der Waals surface area contributed by atoms with E-state index in [1.54, 1.807) is 18.5 Å². The lowest BCUT2D eigenvalue weighted by Gasteiger charge is -2.04. The maximum absolute atomic E-state index is 12.4. The molecule has 0 unspecified atom stereocenters. The van der Waals surface area contributed by atoms with Crippen LogP contribution in [0.3, 0.4) is 0 Å². The molecule has 0 aliphatic rings. The van der Waals surface area contributed by atoms with Crippen LogP contribution >= 0.6 is 0 Å². The van der Waals surface area contributed by atoms with E-state index in [9.17, 15) is 4.79 Å². The fourth-order valence-electron chi connectivity index (χ4n) is 2.10. The maximum Gasteiger partial charge on any atom is 0.187 e. The van der Waals surface area contributed by atoms with Crippen LogP contribution in [0, 0.1) is 6.92 Å². The van der Waals surface area contributed by atoms with Crippen LogP contribution < -0.4 is 0 Å². The number of Topliss-reactive ketones (excluding diaryl/α,β-unsaturated/α-hetero) is 1. The van der Waals surface area contributed by atoms with Gasteiger partial charge in [0.05, 0.1) is 17.8 Å². The first-order valence-corrected chi connectivity index (χ1v) is 7.05. The number of rotatable bonds is 4. The number of carbonyl (C=O) groups excluding carboxylic acids is 1. The lowest BCUT2D eigenvalue weighted by molar-refractivity contribution is 0.0987. The Morgan fingerprint density at radius 2 is 1.82 bits per heavy atom. The summed E-state index contributed by atoms with van der Waals surface area (Å²) in [7, 11) is 0. The summed E-state index contributed by atoms with van der Waals surface area (Å²) in [5.41, 5.74) is 3.71. The van der Waals surface area contributed by atoms with Crippen LogP contribution in [-0.4, -0.2) is 20.7 Å². The van der Waals surface area contributed by atoms with Gasteiger partial charge in [0.1, 0.15) is 5.69 Å². The molecule has 0 radical (unpaired) electrons. The van der Waals surface area contributed by atoms with Gasteiger partial charge >= 0.3 is 0 Å². The molecule has 0 spiro atoms. The summed E-state index contributed by atoms with van der Waals surface area (Å²) in [4.78, 5) is 25.3. The molecule has 3 heterocycles. The largest absolute Gasteiger partial charge is 0.292 e. The molecular weight excluding hydrogens is 274 g/mol. The van der Waals surface area contributed by atoms with Crippen LogP contribution in [0.2, 0.25) is 0 Å². The summed E-state index contributed by atoms with van der Waals surface area (Å²) in [6.07, 6.45) is 3.72. The van der Waals surface area contributed by atoms with Crippen molar-refractivity contribution in [2.75, 3.05) is 0 Å². The number of hydrogen-bond acceptors (Lipinski definition) is 4. The zero-order valence-electron chi connectivity index (χ0n) is 12.2. The fourth-order valence-corrected chi connectivity index (χ4v) is 2.10. The summed E-state index contributed by atoms with van der Waals surface area (Å²) < 4.78 is 0. The van der Waals surface area contributed by atoms with Gasteiger partial charge in [0, 0.05) is 18.1 Å². The number of ketones is 1. The van der Waals surface area contributed by atoms with Crippen molar-refractivity contribution in [3.8, 4) is 11.4 Å². The van der Waals surface area contributed by atoms with Crippen molar-refractivity contribution in [1.29, 1.82) is 0 Å². The molecular formula is C18H15N3O. The predicted octanol–water partition coefficient (Wildman–Crippen LogP) is 3.27. The number of pyridine rings is 3. The zero-order valence-corrected chi connectivity index (χ0v) is 12.2. The molecule has 0 N–H and O–H groups in total. The normalized spacial score (nSPS) is 10.4. The maximum atomic E-state index is 12.4. The molecule has 0 saturated heterocycles. The Kier molecular flexibility index (Phi) is 4.01. The van der Waals surface area contributed by atoms with Crippen molar-refractivity contribution in [1.82, 2.24) is 15.0 Å². The van der Waals surface area contributed by atoms with Gasteiger partial charge in [-0.05, 0) is 42.8 Å². The first-order valence-electron chi connectivity index (χ1n) is 7.05. The Morgan fingerprint density at radius 3 is 2.55 bits per heavy atom. The minimum atomic E-state index is -0.0471. The van der Waals surface area contributed by atoms with Crippen molar-refractivity contribution in [3.05, 3.63) is 77.9 Å². The summed E-state index contributed by atoms with van der Waals surface area (Å²) in [6.45, 7) is 1.97. The smallest absolute Gasteiger partial charge is 0.187 e. The summed E-state index contributed by atoms with van der Waals surface area (Å²) >= 11 is 0. The molecule has 3 aromatic heterocycles. The zero-order chi connectivity index (χ0) is 15.4. The number of nitrogens with zero attached hydrogens (tertiary/aromatic N) is 3. The molecule has 3 rings (SSSR count). The highest BCUT2D eigenvalue weighted by atomic mass is 16.1. The lowest BCUT2D eigenvalue weighted by Crippen LogP contribution is -2.07. The van der Waals surface area contributed by atoms with Crippen LogP contribution in [0.5, 0.6) is 0 Å². The molecule has 0 aliphatic carbocycles. The Labute approximate surface area is 128 Å². The molecule has 4 heteroatoms. The second-order valence-electron chi connectivity index (χ2n) is 5.05. The van der Waals surface area contributed by atoms with Gasteiger partial charge in [-0.25, -0.2) is 4.98 Å². The second kappa shape index (κ2) is 6.26. The summed E-state index contributed by atoms with van der Waals surface area (Å²) in [6, 6.07) is 14.8. The topological polar surface area (TPSA) is 55.7 Å². The Bertz CT molecular complexity index is 783. The van der Waals surface area contributed by atoms with E-state index in [1.807, 2.05) is 49.4 Å². The van der Waals surface area contributed by atoms with E-state index < -0.39 is 0 Å². The predicted molar refractivity (Wildman–Crippen MR) is 84.5 cm³/mol. The van der Waals surface area contributed by atoms with Crippen LogP contribution in [0.1, 0.15) is 21.7 Å². The van der Waals surface area contributed by atoms with Crippen molar-refractivity contribution >= 4 is 5.78 Å². The second-order valence-corrected chi connectivity index (χ2v) is 5.05. The Morgan fingerprint density at radius 1 is 0.955 bits per heavy atom. The van der Waals surface area contributed by atoms with Crippen LogP contribution in [-0.2, 0) is 6.42 Å². The highest BCUT2D eigenvalue weighted by molar-refractivity contribution is 5.95. The molecule has 0 aromatic carbocycles. The lowest BCUT2D eigenvalue weighted by atomic mass is 10.1. The molecule has 0 amide bonds. The minimum Gasteiger partial charge on any atom is -0.292 e. The molecule has 22 heavy (non-hydrogen) atoms. The molecule has 4 nitrogen and oxygen atoms in total. The van der Waals surface area contributed by atoms with E-state index in [4.69, 9.17) is 0 Å². The fraction of sp³-hybridized carbons (Fsp3) is 0.111. The average Bonchev–Trinajstić information content (AvgIpc) is 2.58. The number of carbonyl (C=O) groups is 1. The highest BCUT2D eigenvalue weighted by Gasteiger charge is 2.11.